The van der Waals surface area contributed by atoms with Gasteiger partial charge in [0, 0.05) is 24.7 Å². The zero-order chi connectivity index (χ0) is 12.3. The van der Waals surface area contributed by atoms with Crippen molar-refractivity contribution in [3.05, 3.63) is 48.7 Å². The van der Waals surface area contributed by atoms with E-state index in [0.29, 0.717) is 5.69 Å². The molecule has 0 atom stereocenters. The molecule has 0 spiro atoms. The smallest absolute Gasteiger partial charge is 0.0854 e. The summed E-state index contributed by atoms with van der Waals surface area (Å²) in [6.07, 6.45) is 1.85. The van der Waals surface area contributed by atoms with Gasteiger partial charge < -0.3 is 10.0 Å². The van der Waals surface area contributed by atoms with E-state index in [1.165, 1.54) is 0 Å². The highest BCUT2D eigenvalue weighted by atomic mass is 16.3. The van der Waals surface area contributed by atoms with Crippen molar-refractivity contribution < 1.29 is 5.11 Å². The summed E-state index contributed by atoms with van der Waals surface area (Å²) in [6.45, 7) is 4.46. The van der Waals surface area contributed by atoms with Crippen LogP contribution in [-0.2, 0) is 6.61 Å². The summed E-state index contributed by atoms with van der Waals surface area (Å²) in [5.74, 6) is 0. The first kappa shape index (κ1) is 11.6. The summed E-state index contributed by atoms with van der Waals surface area (Å²) >= 11 is 0. The lowest BCUT2D eigenvalue weighted by Crippen LogP contribution is -2.17. The van der Waals surface area contributed by atoms with Gasteiger partial charge in [-0.1, -0.05) is 24.3 Å². The first-order valence-corrected chi connectivity index (χ1v) is 5.58. The maximum atomic E-state index is 9.23. The zero-order valence-corrected chi connectivity index (χ0v) is 9.93. The van der Waals surface area contributed by atoms with Crippen molar-refractivity contribution in [1.29, 1.82) is 0 Å². The van der Waals surface area contributed by atoms with Gasteiger partial charge in [0.05, 0.1) is 17.8 Å². The van der Waals surface area contributed by atoms with Gasteiger partial charge in [0.1, 0.15) is 0 Å². The lowest BCUT2D eigenvalue weighted by molar-refractivity contribution is 0.277. The van der Waals surface area contributed by atoms with Crippen LogP contribution in [0.25, 0.3) is 10.9 Å². The van der Waals surface area contributed by atoms with Gasteiger partial charge in [-0.25, -0.2) is 0 Å². The SMILES string of the molecule is C=CCN(C)c1cc(CO)nc2ccccc12. The van der Waals surface area contributed by atoms with Gasteiger partial charge in [-0.05, 0) is 12.1 Å². The molecule has 0 fully saturated rings. The van der Waals surface area contributed by atoms with Gasteiger partial charge in [0.15, 0.2) is 0 Å². The summed E-state index contributed by atoms with van der Waals surface area (Å²) < 4.78 is 0. The van der Waals surface area contributed by atoms with Crippen LogP contribution in [0.4, 0.5) is 5.69 Å². The highest BCUT2D eigenvalue weighted by Gasteiger charge is 2.07. The molecule has 88 valence electrons. The Morgan fingerprint density at radius 3 is 2.88 bits per heavy atom. The van der Waals surface area contributed by atoms with Crippen molar-refractivity contribution in [2.75, 3.05) is 18.5 Å². The van der Waals surface area contributed by atoms with E-state index in [-0.39, 0.29) is 6.61 Å². The fraction of sp³-hybridized carbons (Fsp3) is 0.214. The monoisotopic (exact) mass is 228 g/mol. The molecule has 0 amide bonds. The highest BCUT2D eigenvalue weighted by Crippen LogP contribution is 2.25. The molecule has 0 bridgehead atoms. The van der Waals surface area contributed by atoms with E-state index in [1.807, 2.05) is 43.5 Å². The van der Waals surface area contributed by atoms with Crippen LogP contribution in [0.1, 0.15) is 5.69 Å². The second kappa shape index (κ2) is 4.97. The molecule has 3 heteroatoms. The third kappa shape index (κ3) is 2.29. The van der Waals surface area contributed by atoms with Gasteiger partial charge >= 0.3 is 0 Å². The topological polar surface area (TPSA) is 36.4 Å². The van der Waals surface area contributed by atoms with Crippen LogP contribution in [-0.4, -0.2) is 23.7 Å². The number of aliphatic hydroxyl groups excluding tert-OH is 1. The molecule has 3 nitrogen and oxygen atoms in total. The summed E-state index contributed by atoms with van der Waals surface area (Å²) in [4.78, 5) is 6.49. The van der Waals surface area contributed by atoms with E-state index in [1.54, 1.807) is 0 Å². The van der Waals surface area contributed by atoms with Crippen LogP contribution in [0, 0.1) is 0 Å². The number of aromatic nitrogens is 1. The van der Waals surface area contributed by atoms with Crippen LogP contribution in [0.5, 0.6) is 0 Å². The van der Waals surface area contributed by atoms with E-state index >= 15 is 0 Å². The molecule has 1 N–H and O–H groups in total. The van der Waals surface area contributed by atoms with Gasteiger partial charge in [0.25, 0.3) is 0 Å². The van der Waals surface area contributed by atoms with E-state index in [4.69, 9.17) is 0 Å². The molecule has 2 rings (SSSR count). The summed E-state index contributed by atoms with van der Waals surface area (Å²) in [7, 11) is 2.00. The number of anilines is 1. The predicted octanol–water partition coefficient (Wildman–Crippen LogP) is 2.35. The number of hydrogen-bond donors (Lipinski definition) is 1. The van der Waals surface area contributed by atoms with Gasteiger partial charge in [-0.3, -0.25) is 4.98 Å². The first-order chi connectivity index (χ1) is 8.26. The number of rotatable bonds is 4. The van der Waals surface area contributed by atoms with E-state index in [2.05, 4.69) is 16.5 Å². The molecule has 0 aliphatic rings. The quantitative estimate of drug-likeness (QED) is 0.816. The summed E-state index contributed by atoms with van der Waals surface area (Å²) in [6, 6.07) is 9.87. The highest BCUT2D eigenvalue weighted by molar-refractivity contribution is 5.91. The van der Waals surface area contributed by atoms with Crippen LogP contribution in [0.3, 0.4) is 0 Å². The zero-order valence-electron chi connectivity index (χ0n) is 9.93. The number of likely N-dealkylation sites (N-methyl/N-ethyl adjacent to an activating group) is 1. The van der Waals surface area contributed by atoms with Gasteiger partial charge in [-0.2, -0.15) is 0 Å². The summed E-state index contributed by atoms with van der Waals surface area (Å²) in [5.41, 5.74) is 2.67. The number of para-hydroxylation sites is 1. The number of fused-ring (bicyclic) bond motifs is 1. The fourth-order valence-corrected chi connectivity index (χ4v) is 1.90. The minimum absolute atomic E-state index is 0.0419. The Bertz CT molecular complexity index is 537. The molecular formula is C14H16N2O. The maximum Gasteiger partial charge on any atom is 0.0854 e. The number of pyridine rings is 1. The van der Waals surface area contributed by atoms with E-state index in [9.17, 15) is 5.11 Å². The van der Waals surface area contributed by atoms with E-state index in [0.717, 1.165) is 23.1 Å². The van der Waals surface area contributed by atoms with Gasteiger partial charge in [-0.15, -0.1) is 6.58 Å². The molecule has 1 aromatic heterocycles. The standard InChI is InChI=1S/C14H16N2O/c1-3-8-16(2)14-9-11(10-17)15-13-7-5-4-6-12(13)14/h3-7,9,17H,1,8,10H2,2H3. The van der Waals surface area contributed by atoms with Crippen LogP contribution in [0.2, 0.25) is 0 Å². The Morgan fingerprint density at radius 1 is 1.41 bits per heavy atom. The normalized spacial score (nSPS) is 10.5. The lowest BCUT2D eigenvalue weighted by Gasteiger charge is -2.20. The van der Waals surface area contributed by atoms with Gasteiger partial charge in [0.2, 0.25) is 0 Å². The second-order valence-electron chi connectivity index (χ2n) is 3.98. The van der Waals surface area contributed by atoms with Crippen molar-refractivity contribution in [3.8, 4) is 0 Å². The van der Waals surface area contributed by atoms with Crippen molar-refractivity contribution in [1.82, 2.24) is 4.98 Å². The Kier molecular flexibility index (Phi) is 3.40. The molecule has 0 unspecified atom stereocenters. The molecule has 17 heavy (non-hydrogen) atoms. The summed E-state index contributed by atoms with van der Waals surface area (Å²) in [5, 5.41) is 10.3. The molecule has 0 aliphatic carbocycles. The van der Waals surface area contributed by atoms with Crippen molar-refractivity contribution >= 4 is 16.6 Å². The molecule has 0 aliphatic heterocycles. The van der Waals surface area contributed by atoms with Crippen molar-refractivity contribution in [3.63, 3.8) is 0 Å². The van der Waals surface area contributed by atoms with Crippen LogP contribution in [0.15, 0.2) is 43.0 Å². The Hall–Kier alpha value is -1.87. The Balaban J connectivity index is 2.61. The number of hydrogen-bond acceptors (Lipinski definition) is 3. The average molecular weight is 228 g/mol. The van der Waals surface area contributed by atoms with Crippen LogP contribution < -0.4 is 4.90 Å². The average Bonchev–Trinajstić information content (AvgIpc) is 2.37. The molecule has 0 radical (unpaired) electrons. The Morgan fingerprint density at radius 2 is 2.18 bits per heavy atom. The van der Waals surface area contributed by atoms with E-state index < -0.39 is 0 Å². The molecule has 0 saturated carbocycles. The largest absolute Gasteiger partial charge is 0.390 e. The fourth-order valence-electron chi connectivity index (χ4n) is 1.90. The minimum atomic E-state index is -0.0419. The maximum absolute atomic E-state index is 9.23. The molecule has 2 aromatic rings. The molecular weight excluding hydrogens is 212 g/mol. The minimum Gasteiger partial charge on any atom is -0.390 e. The predicted molar refractivity (Wildman–Crippen MR) is 71.1 cm³/mol. The molecule has 1 heterocycles. The lowest BCUT2D eigenvalue weighted by atomic mass is 10.1. The number of benzene rings is 1. The van der Waals surface area contributed by atoms with Crippen molar-refractivity contribution in [2.45, 2.75) is 6.61 Å². The first-order valence-electron chi connectivity index (χ1n) is 5.58. The third-order valence-corrected chi connectivity index (χ3v) is 2.72. The number of aliphatic hydroxyl groups is 1. The third-order valence-electron chi connectivity index (χ3n) is 2.72. The molecule has 0 saturated heterocycles. The number of nitrogens with zero attached hydrogens (tertiary/aromatic N) is 2. The second-order valence-corrected chi connectivity index (χ2v) is 3.98. The van der Waals surface area contributed by atoms with Crippen molar-refractivity contribution in [2.24, 2.45) is 0 Å². The molecule has 1 aromatic carbocycles. The Labute approximate surface area is 101 Å². The van der Waals surface area contributed by atoms with Crippen LogP contribution >= 0.6 is 0 Å².